The molecule has 0 radical (unpaired) electrons. The molecule has 0 amide bonds. The van der Waals surface area contributed by atoms with E-state index in [1.54, 1.807) is 0 Å². The van der Waals surface area contributed by atoms with Gasteiger partial charge in [0.1, 0.15) is 0 Å². The molecule has 1 heterocycles. The fraction of sp³-hybridized carbons (Fsp3) is 0.438. The Morgan fingerprint density at radius 1 is 1.11 bits per heavy atom. The predicted octanol–water partition coefficient (Wildman–Crippen LogP) is 3.70. The third-order valence-corrected chi connectivity index (χ3v) is 3.64. The standard InChI is InChI=1S/C16H22N2/c1-4-18-12-17-11-15(18)9-6-10-16-13(2)7-5-8-14(16)3/h5,7-8,11-12H,4,6,9-10H2,1-3H3. The topological polar surface area (TPSA) is 17.8 Å². The Kier molecular flexibility index (Phi) is 4.19. The van der Waals surface area contributed by atoms with Gasteiger partial charge in [0.25, 0.3) is 0 Å². The first kappa shape index (κ1) is 12.9. The summed E-state index contributed by atoms with van der Waals surface area (Å²) in [5.74, 6) is 0. The third-order valence-electron chi connectivity index (χ3n) is 3.64. The lowest BCUT2D eigenvalue weighted by Gasteiger charge is -2.10. The van der Waals surface area contributed by atoms with Gasteiger partial charge in [-0.25, -0.2) is 4.98 Å². The van der Waals surface area contributed by atoms with Crippen LogP contribution in [0.25, 0.3) is 0 Å². The summed E-state index contributed by atoms with van der Waals surface area (Å²) in [5, 5.41) is 0. The van der Waals surface area contributed by atoms with Crippen LogP contribution in [0, 0.1) is 13.8 Å². The van der Waals surface area contributed by atoms with E-state index in [1.165, 1.54) is 28.8 Å². The molecule has 0 N–H and O–H groups in total. The molecule has 0 saturated heterocycles. The van der Waals surface area contributed by atoms with Gasteiger partial charge in [0.2, 0.25) is 0 Å². The first-order valence-corrected chi connectivity index (χ1v) is 6.76. The van der Waals surface area contributed by atoms with Crippen LogP contribution in [-0.2, 0) is 19.4 Å². The number of hydrogen-bond acceptors (Lipinski definition) is 1. The molecule has 2 heteroatoms. The van der Waals surface area contributed by atoms with Crippen molar-refractivity contribution in [2.45, 2.75) is 46.6 Å². The van der Waals surface area contributed by atoms with E-state index in [0.29, 0.717) is 0 Å². The molecule has 18 heavy (non-hydrogen) atoms. The number of rotatable bonds is 5. The van der Waals surface area contributed by atoms with E-state index in [9.17, 15) is 0 Å². The van der Waals surface area contributed by atoms with Gasteiger partial charge < -0.3 is 4.57 Å². The number of aromatic nitrogens is 2. The average Bonchev–Trinajstić information content (AvgIpc) is 2.80. The lowest BCUT2D eigenvalue weighted by Crippen LogP contribution is -2.01. The van der Waals surface area contributed by atoms with E-state index in [0.717, 1.165) is 19.4 Å². The fourth-order valence-corrected chi connectivity index (χ4v) is 2.53. The Bertz CT molecular complexity index is 491. The van der Waals surface area contributed by atoms with E-state index in [1.807, 2.05) is 12.5 Å². The molecule has 0 unspecified atom stereocenters. The molecule has 0 saturated carbocycles. The van der Waals surface area contributed by atoms with E-state index < -0.39 is 0 Å². The fourth-order valence-electron chi connectivity index (χ4n) is 2.53. The predicted molar refractivity (Wildman–Crippen MR) is 75.8 cm³/mol. The third kappa shape index (κ3) is 2.81. The second-order valence-corrected chi connectivity index (χ2v) is 4.89. The van der Waals surface area contributed by atoms with Crippen LogP contribution >= 0.6 is 0 Å². The molecule has 1 aromatic carbocycles. The van der Waals surface area contributed by atoms with Gasteiger partial charge in [-0.1, -0.05) is 18.2 Å². The van der Waals surface area contributed by atoms with E-state index in [4.69, 9.17) is 0 Å². The Balaban J connectivity index is 1.97. The lowest BCUT2D eigenvalue weighted by molar-refractivity contribution is 0.682. The zero-order chi connectivity index (χ0) is 13.0. The summed E-state index contributed by atoms with van der Waals surface area (Å²) in [6.07, 6.45) is 7.38. The first-order valence-electron chi connectivity index (χ1n) is 6.76. The van der Waals surface area contributed by atoms with Gasteiger partial charge >= 0.3 is 0 Å². The molecule has 2 nitrogen and oxygen atoms in total. The van der Waals surface area contributed by atoms with Crippen LogP contribution in [0.2, 0.25) is 0 Å². The van der Waals surface area contributed by atoms with Crippen molar-refractivity contribution < 1.29 is 0 Å². The highest BCUT2D eigenvalue weighted by Gasteiger charge is 2.04. The zero-order valence-corrected chi connectivity index (χ0v) is 11.6. The Labute approximate surface area is 110 Å². The summed E-state index contributed by atoms with van der Waals surface area (Å²) in [4.78, 5) is 4.22. The molecule has 0 aliphatic heterocycles. The van der Waals surface area contributed by atoms with E-state index in [2.05, 4.69) is 48.5 Å². The molecule has 2 aromatic rings. The summed E-state index contributed by atoms with van der Waals surface area (Å²) < 4.78 is 2.23. The monoisotopic (exact) mass is 242 g/mol. The summed E-state index contributed by atoms with van der Waals surface area (Å²) in [6, 6.07) is 6.55. The van der Waals surface area contributed by atoms with Gasteiger partial charge in [-0.05, 0) is 56.7 Å². The summed E-state index contributed by atoms with van der Waals surface area (Å²) in [5.41, 5.74) is 5.70. The number of imidazole rings is 1. The van der Waals surface area contributed by atoms with Crippen LogP contribution in [0.3, 0.4) is 0 Å². The van der Waals surface area contributed by atoms with Gasteiger partial charge in [-0.15, -0.1) is 0 Å². The Hall–Kier alpha value is -1.57. The molecule has 0 bridgehead atoms. The van der Waals surface area contributed by atoms with E-state index in [-0.39, 0.29) is 0 Å². The molecule has 0 aliphatic rings. The minimum atomic E-state index is 1.01. The minimum absolute atomic E-state index is 1.01. The zero-order valence-electron chi connectivity index (χ0n) is 11.6. The SMILES string of the molecule is CCn1cncc1CCCc1c(C)cccc1C. The van der Waals surface area contributed by atoms with Crippen molar-refractivity contribution in [1.29, 1.82) is 0 Å². The minimum Gasteiger partial charge on any atom is -0.335 e. The van der Waals surface area contributed by atoms with Crippen molar-refractivity contribution in [3.8, 4) is 0 Å². The highest BCUT2D eigenvalue weighted by atomic mass is 15.0. The van der Waals surface area contributed by atoms with Crippen LogP contribution in [0.15, 0.2) is 30.7 Å². The second-order valence-electron chi connectivity index (χ2n) is 4.89. The van der Waals surface area contributed by atoms with Crippen LogP contribution in [-0.4, -0.2) is 9.55 Å². The molecule has 0 aliphatic carbocycles. The molecule has 1 aromatic heterocycles. The first-order chi connectivity index (χ1) is 8.72. The van der Waals surface area contributed by atoms with Crippen LogP contribution in [0.1, 0.15) is 35.7 Å². The van der Waals surface area contributed by atoms with Crippen molar-refractivity contribution >= 4 is 0 Å². The van der Waals surface area contributed by atoms with Crippen LogP contribution in [0.4, 0.5) is 0 Å². The van der Waals surface area contributed by atoms with Gasteiger partial charge in [0, 0.05) is 18.4 Å². The van der Waals surface area contributed by atoms with Crippen molar-refractivity contribution in [1.82, 2.24) is 9.55 Å². The van der Waals surface area contributed by atoms with E-state index >= 15 is 0 Å². The maximum Gasteiger partial charge on any atom is 0.0948 e. The summed E-state index contributed by atoms with van der Waals surface area (Å²) >= 11 is 0. The lowest BCUT2D eigenvalue weighted by atomic mass is 9.97. The van der Waals surface area contributed by atoms with Gasteiger partial charge in [0.15, 0.2) is 0 Å². The second kappa shape index (κ2) is 5.85. The van der Waals surface area contributed by atoms with Gasteiger partial charge in [-0.2, -0.15) is 0 Å². The normalized spacial score (nSPS) is 10.8. The highest BCUT2D eigenvalue weighted by Crippen LogP contribution is 2.16. The van der Waals surface area contributed by atoms with Crippen LogP contribution < -0.4 is 0 Å². The summed E-state index contributed by atoms with van der Waals surface area (Å²) in [6.45, 7) is 7.59. The van der Waals surface area contributed by atoms with Gasteiger partial charge in [0.05, 0.1) is 6.33 Å². The van der Waals surface area contributed by atoms with Crippen molar-refractivity contribution in [3.05, 3.63) is 53.1 Å². The van der Waals surface area contributed by atoms with Gasteiger partial charge in [-0.3, -0.25) is 0 Å². The van der Waals surface area contributed by atoms with Crippen molar-refractivity contribution in [2.24, 2.45) is 0 Å². The number of hydrogen-bond donors (Lipinski definition) is 0. The molecular weight excluding hydrogens is 220 g/mol. The molecule has 0 spiro atoms. The highest BCUT2D eigenvalue weighted by molar-refractivity contribution is 5.33. The Morgan fingerprint density at radius 3 is 2.50 bits per heavy atom. The number of benzene rings is 1. The largest absolute Gasteiger partial charge is 0.335 e. The molecule has 0 fully saturated rings. The number of aryl methyl sites for hydroxylation is 4. The molecule has 0 atom stereocenters. The molecule has 2 rings (SSSR count). The quantitative estimate of drug-likeness (QED) is 0.781. The number of nitrogens with zero attached hydrogens (tertiary/aromatic N) is 2. The molecular formula is C16H22N2. The van der Waals surface area contributed by atoms with Crippen molar-refractivity contribution in [3.63, 3.8) is 0 Å². The van der Waals surface area contributed by atoms with Crippen molar-refractivity contribution in [2.75, 3.05) is 0 Å². The summed E-state index contributed by atoms with van der Waals surface area (Å²) in [7, 11) is 0. The Morgan fingerprint density at radius 2 is 1.83 bits per heavy atom. The maximum absolute atomic E-state index is 4.22. The average molecular weight is 242 g/mol. The smallest absolute Gasteiger partial charge is 0.0948 e. The van der Waals surface area contributed by atoms with Crippen LogP contribution in [0.5, 0.6) is 0 Å². The maximum atomic E-state index is 4.22. The molecule has 96 valence electrons.